The summed E-state index contributed by atoms with van der Waals surface area (Å²) in [5.74, 6) is -0.238. The van der Waals surface area contributed by atoms with Crippen molar-refractivity contribution in [3.8, 4) is 11.4 Å². The number of thioether (sulfide) groups is 1. The van der Waals surface area contributed by atoms with E-state index in [2.05, 4.69) is 45.2 Å². The molecule has 0 radical (unpaired) electrons. The van der Waals surface area contributed by atoms with Gasteiger partial charge in [0, 0.05) is 39.8 Å². The molecule has 5 rings (SSSR count). The molecule has 0 saturated heterocycles. The van der Waals surface area contributed by atoms with Crippen molar-refractivity contribution in [1.29, 1.82) is 0 Å². The van der Waals surface area contributed by atoms with Gasteiger partial charge in [-0.15, -0.1) is 11.3 Å². The number of phenols is 1. The van der Waals surface area contributed by atoms with E-state index in [1.54, 1.807) is 28.0 Å². The van der Waals surface area contributed by atoms with Gasteiger partial charge in [-0.3, -0.25) is 14.2 Å². The Morgan fingerprint density at radius 2 is 1.95 bits per heavy atom. The van der Waals surface area contributed by atoms with Crippen molar-refractivity contribution in [2.75, 3.05) is 23.7 Å². The number of anilines is 1. The first-order valence-corrected chi connectivity index (χ1v) is 15.8. The number of nitrogens with zero attached hydrogens (tertiary/aromatic N) is 4. The lowest BCUT2D eigenvalue weighted by molar-refractivity contribution is -0.118. The maximum atomic E-state index is 13.8. The summed E-state index contributed by atoms with van der Waals surface area (Å²) in [6.07, 6.45) is 5.49. The van der Waals surface area contributed by atoms with Crippen LogP contribution in [0.15, 0.2) is 62.0 Å². The van der Waals surface area contributed by atoms with Gasteiger partial charge in [0.05, 0.1) is 23.0 Å². The maximum absolute atomic E-state index is 13.8. The zero-order valence-electron chi connectivity index (χ0n) is 22.3. The number of hydrazone groups is 1. The minimum Gasteiger partial charge on any atom is -0.507 e. The Bertz CT molecular complexity index is 1630. The number of hydrogen-bond acceptors (Lipinski definition) is 8. The molecule has 0 atom stereocenters. The van der Waals surface area contributed by atoms with Crippen molar-refractivity contribution in [2.24, 2.45) is 5.10 Å². The zero-order valence-corrected chi connectivity index (χ0v) is 25.5. The molecule has 2 aromatic heterocycles. The first-order chi connectivity index (χ1) is 19.4. The van der Waals surface area contributed by atoms with Crippen molar-refractivity contribution >= 4 is 67.1 Å². The number of aryl methyl sites for hydroxylation is 2. The molecule has 0 spiro atoms. The maximum Gasteiger partial charge on any atom is 0.267 e. The molecule has 40 heavy (non-hydrogen) atoms. The predicted octanol–water partition coefficient (Wildman–Crippen LogP) is 5.88. The molecule has 2 N–H and O–H groups in total. The van der Waals surface area contributed by atoms with Gasteiger partial charge in [-0.2, -0.15) is 5.10 Å². The van der Waals surface area contributed by atoms with Gasteiger partial charge in [0.15, 0.2) is 5.16 Å². The molecule has 2 aromatic carbocycles. The van der Waals surface area contributed by atoms with Crippen molar-refractivity contribution < 1.29 is 9.90 Å². The molecule has 0 aliphatic heterocycles. The average molecular weight is 641 g/mol. The fourth-order valence-electron chi connectivity index (χ4n) is 4.86. The Hall–Kier alpha value is -3.15. The number of rotatable bonds is 9. The molecule has 0 fully saturated rings. The Kier molecular flexibility index (Phi) is 8.92. The number of phenolic OH excluding ortho intramolecular Hbond substituents is 1. The molecule has 11 heteroatoms. The standard InChI is InChI=1S/C29H30BrN5O3S2/c1-3-34(4-2)21-12-9-18(23(36)15-21)16-31-33-25(37)17-39-29-32-27-26(22-7-5-6-8-24(22)40-27)28(38)35(29)20-13-10-19(30)11-14-20/h9-16,36H,3-8,17H2,1-2H3,(H,33,37). The van der Waals surface area contributed by atoms with E-state index in [4.69, 9.17) is 4.98 Å². The van der Waals surface area contributed by atoms with Crippen LogP contribution in [0.5, 0.6) is 5.75 Å². The number of thiophene rings is 1. The Morgan fingerprint density at radius 1 is 1.20 bits per heavy atom. The van der Waals surface area contributed by atoms with Crippen molar-refractivity contribution in [3.05, 3.63) is 73.3 Å². The van der Waals surface area contributed by atoms with Crippen LogP contribution in [0.2, 0.25) is 0 Å². The van der Waals surface area contributed by atoms with E-state index in [0.717, 1.165) is 59.3 Å². The summed E-state index contributed by atoms with van der Waals surface area (Å²) in [6.45, 7) is 5.79. The molecule has 1 amide bonds. The van der Waals surface area contributed by atoms with Gasteiger partial charge in [0.1, 0.15) is 10.6 Å². The van der Waals surface area contributed by atoms with E-state index in [-0.39, 0.29) is 23.0 Å². The summed E-state index contributed by atoms with van der Waals surface area (Å²) in [6, 6.07) is 12.9. The van der Waals surface area contributed by atoms with Crippen LogP contribution in [-0.2, 0) is 17.6 Å². The topological polar surface area (TPSA) is 99.8 Å². The molecule has 0 unspecified atom stereocenters. The third-order valence-corrected chi connectivity index (χ3v) is 9.56. The largest absolute Gasteiger partial charge is 0.507 e. The molecule has 4 aromatic rings. The normalized spacial score (nSPS) is 13.1. The third kappa shape index (κ3) is 5.96. The number of amides is 1. The summed E-state index contributed by atoms with van der Waals surface area (Å²) in [4.78, 5) is 35.5. The summed E-state index contributed by atoms with van der Waals surface area (Å²) < 4.78 is 2.51. The summed E-state index contributed by atoms with van der Waals surface area (Å²) in [5.41, 5.74) is 5.67. The van der Waals surface area contributed by atoms with E-state index in [1.807, 2.05) is 30.3 Å². The lowest BCUT2D eigenvalue weighted by Crippen LogP contribution is -2.24. The van der Waals surface area contributed by atoms with Crippen LogP contribution < -0.4 is 15.9 Å². The Balaban J connectivity index is 1.35. The quantitative estimate of drug-likeness (QED) is 0.103. The van der Waals surface area contributed by atoms with Crippen LogP contribution in [0.1, 0.15) is 42.7 Å². The van der Waals surface area contributed by atoms with Gasteiger partial charge < -0.3 is 10.0 Å². The molecular formula is C29H30BrN5O3S2. The number of carbonyl (C=O) groups is 1. The molecule has 2 heterocycles. The molecule has 1 aliphatic rings. The number of hydrogen-bond donors (Lipinski definition) is 2. The summed E-state index contributed by atoms with van der Waals surface area (Å²) in [5, 5.41) is 15.6. The summed E-state index contributed by atoms with van der Waals surface area (Å²) in [7, 11) is 0. The molecule has 8 nitrogen and oxygen atoms in total. The number of aromatic hydroxyl groups is 1. The van der Waals surface area contributed by atoms with E-state index >= 15 is 0 Å². The number of nitrogens with one attached hydrogen (secondary N) is 1. The number of halogens is 1. The number of aromatic nitrogens is 2. The zero-order chi connectivity index (χ0) is 28.2. The molecule has 0 saturated carbocycles. The molecular weight excluding hydrogens is 610 g/mol. The smallest absolute Gasteiger partial charge is 0.267 e. The number of fused-ring (bicyclic) bond motifs is 3. The van der Waals surface area contributed by atoms with E-state index in [9.17, 15) is 14.7 Å². The van der Waals surface area contributed by atoms with Crippen molar-refractivity contribution in [2.45, 2.75) is 44.7 Å². The minimum atomic E-state index is -0.345. The Morgan fingerprint density at radius 3 is 2.67 bits per heavy atom. The van der Waals surface area contributed by atoms with Crippen molar-refractivity contribution in [3.63, 3.8) is 0 Å². The van der Waals surface area contributed by atoms with Crippen molar-refractivity contribution in [1.82, 2.24) is 15.0 Å². The number of carbonyl (C=O) groups excluding carboxylic acids is 1. The van der Waals surface area contributed by atoms with Gasteiger partial charge in [0.2, 0.25) is 0 Å². The monoisotopic (exact) mass is 639 g/mol. The minimum absolute atomic E-state index is 0.0176. The van der Waals surface area contributed by atoms with Crippen LogP contribution in [0, 0.1) is 0 Å². The first kappa shape index (κ1) is 28.4. The highest BCUT2D eigenvalue weighted by molar-refractivity contribution is 9.10. The van der Waals surface area contributed by atoms with E-state index in [0.29, 0.717) is 21.8 Å². The van der Waals surface area contributed by atoms with E-state index in [1.165, 1.54) is 22.9 Å². The fraction of sp³-hybridized carbons (Fsp3) is 0.310. The van der Waals surface area contributed by atoms with Gasteiger partial charge in [-0.1, -0.05) is 27.7 Å². The van der Waals surface area contributed by atoms with Crippen LogP contribution in [0.25, 0.3) is 15.9 Å². The first-order valence-electron chi connectivity index (χ1n) is 13.3. The highest BCUT2D eigenvalue weighted by Gasteiger charge is 2.23. The van der Waals surface area contributed by atoms with E-state index < -0.39 is 0 Å². The third-order valence-electron chi connectivity index (χ3n) is 6.91. The van der Waals surface area contributed by atoms with Gasteiger partial charge >= 0.3 is 0 Å². The average Bonchev–Trinajstić information content (AvgIpc) is 3.33. The molecule has 208 valence electrons. The van der Waals surface area contributed by atoms with Gasteiger partial charge in [-0.25, -0.2) is 10.4 Å². The molecule has 1 aliphatic carbocycles. The predicted molar refractivity (Wildman–Crippen MR) is 168 cm³/mol. The molecule has 0 bridgehead atoms. The summed E-state index contributed by atoms with van der Waals surface area (Å²) >= 11 is 6.24. The second-order valence-corrected chi connectivity index (χ2v) is 12.3. The fourth-order valence-corrected chi connectivity index (χ4v) is 7.24. The van der Waals surface area contributed by atoms with Crippen LogP contribution >= 0.6 is 39.0 Å². The van der Waals surface area contributed by atoms with Crippen LogP contribution in [0.3, 0.4) is 0 Å². The Labute approximate surface area is 249 Å². The second-order valence-electron chi connectivity index (χ2n) is 9.40. The lowest BCUT2D eigenvalue weighted by atomic mass is 9.97. The highest BCUT2D eigenvalue weighted by atomic mass is 79.9. The van der Waals surface area contributed by atoms with Gasteiger partial charge in [0.25, 0.3) is 11.5 Å². The SMILES string of the molecule is CCN(CC)c1ccc(C=NNC(=O)CSc2nc3sc4c(c3c(=O)n2-c2ccc(Br)cc2)CCCC4)c(O)c1. The highest BCUT2D eigenvalue weighted by Crippen LogP contribution is 2.35. The second kappa shape index (κ2) is 12.6. The van der Waals surface area contributed by atoms with Gasteiger partial charge in [-0.05, 0) is 81.5 Å². The number of benzene rings is 2. The lowest BCUT2D eigenvalue weighted by Gasteiger charge is -2.21. The van der Waals surface area contributed by atoms with Crippen LogP contribution in [-0.4, -0.2) is 45.6 Å². The van der Waals surface area contributed by atoms with Crippen LogP contribution in [0.4, 0.5) is 5.69 Å².